The van der Waals surface area contributed by atoms with E-state index in [0.717, 1.165) is 18.0 Å². The Bertz CT molecular complexity index is 1810. The van der Waals surface area contributed by atoms with E-state index in [9.17, 15) is 36.0 Å². The van der Waals surface area contributed by atoms with E-state index in [1.54, 1.807) is 36.4 Å². The fourth-order valence-corrected chi connectivity index (χ4v) is 5.84. The number of aromatic nitrogens is 2. The number of urea groups is 1. The van der Waals surface area contributed by atoms with E-state index in [2.05, 4.69) is 15.3 Å². The molecule has 0 bridgehead atoms. The van der Waals surface area contributed by atoms with Crippen LogP contribution in [0.5, 0.6) is 0 Å². The molecule has 3 amide bonds. The molecule has 0 aliphatic carbocycles. The van der Waals surface area contributed by atoms with Crippen LogP contribution in [-0.4, -0.2) is 65.1 Å². The average molecular weight is 675 g/mol. The minimum Gasteiger partial charge on any atom is -0.443 e. The largest absolute Gasteiger partial charge is 0.443 e. The maximum Gasteiger partial charge on any atom is 0.418 e. The number of para-hydroxylation sites is 2. The van der Waals surface area contributed by atoms with Crippen molar-refractivity contribution in [1.82, 2.24) is 20.2 Å². The van der Waals surface area contributed by atoms with Crippen LogP contribution in [0.25, 0.3) is 11.1 Å². The summed E-state index contributed by atoms with van der Waals surface area (Å²) in [4.78, 5) is 48.7. The van der Waals surface area contributed by atoms with Gasteiger partial charge in [0.1, 0.15) is 11.1 Å². The molecular weight excluding hydrogens is 641 g/mol. The van der Waals surface area contributed by atoms with Crippen molar-refractivity contribution in [1.29, 1.82) is 0 Å². The van der Waals surface area contributed by atoms with Gasteiger partial charge < -0.3 is 14.5 Å². The predicted octanol–water partition coefficient (Wildman–Crippen LogP) is 5.99. The Morgan fingerprint density at radius 3 is 2.34 bits per heavy atom. The number of halogens is 3. The first-order valence-electron chi connectivity index (χ1n) is 14.5. The minimum absolute atomic E-state index is 0.0506. The maximum absolute atomic E-state index is 13.6. The predicted molar refractivity (Wildman–Crippen MR) is 165 cm³/mol. The lowest BCUT2D eigenvalue weighted by molar-refractivity contribution is -0.138. The molecule has 0 spiro atoms. The summed E-state index contributed by atoms with van der Waals surface area (Å²) in [5, 5.41) is 2.49. The van der Waals surface area contributed by atoms with Gasteiger partial charge in [0.05, 0.1) is 23.1 Å². The van der Waals surface area contributed by atoms with Crippen molar-refractivity contribution in [3.05, 3.63) is 95.6 Å². The van der Waals surface area contributed by atoms with E-state index >= 15 is 0 Å². The Hall–Kier alpha value is -4.79. The van der Waals surface area contributed by atoms with Gasteiger partial charge in [-0.3, -0.25) is 9.78 Å². The summed E-state index contributed by atoms with van der Waals surface area (Å²) in [5.41, 5.74) is -1.26. The number of alkyl halides is 3. The van der Waals surface area contributed by atoms with Crippen molar-refractivity contribution >= 4 is 38.8 Å². The van der Waals surface area contributed by atoms with E-state index in [-0.39, 0.29) is 12.3 Å². The van der Waals surface area contributed by atoms with Crippen LogP contribution in [0.1, 0.15) is 54.6 Å². The van der Waals surface area contributed by atoms with Crippen molar-refractivity contribution in [3.8, 4) is 0 Å². The number of Topliss-reactive ketones (excluding diaryl/α,β-unsaturated/α-hetero) is 1. The Kier molecular flexibility index (Phi) is 10.7. The highest BCUT2D eigenvalue weighted by Crippen LogP contribution is 2.32. The zero-order chi connectivity index (χ0) is 34.4. The molecule has 15 heteroatoms. The SMILES string of the molecule is CC(C)(C)OC(=O)N(CCS(=O)(=O)Cc1cnccc1C(F)(F)F)C(=O)N[C@@H](CCc1ccccc1)C(=O)c1nc2ccccc2o1. The molecule has 0 radical (unpaired) electrons. The van der Waals surface area contributed by atoms with Gasteiger partial charge in [-0.25, -0.2) is 27.9 Å². The molecule has 4 aromatic rings. The summed E-state index contributed by atoms with van der Waals surface area (Å²) in [7, 11) is -4.33. The lowest BCUT2D eigenvalue weighted by Gasteiger charge is -2.27. The summed E-state index contributed by atoms with van der Waals surface area (Å²) in [6.45, 7) is 3.79. The molecule has 47 heavy (non-hydrogen) atoms. The van der Waals surface area contributed by atoms with Crippen molar-refractivity contribution < 1.29 is 45.1 Å². The number of hydrogen-bond donors (Lipinski definition) is 1. The van der Waals surface area contributed by atoms with Crippen LogP contribution < -0.4 is 5.32 Å². The third-order valence-electron chi connectivity index (χ3n) is 6.75. The Labute approximate surface area is 269 Å². The van der Waals surface area contributed by atoms with Crippen LogP contribution in [0.4, 0.5) is 22.8 Å². The summed E-state index contributed by atoms with van der Waals surface area (Å²) in [6.07, 6.45) is -3.98. The van der Waals surface area contributed by atoms with Gasteiger partial charge in [-0.2, -0.15) is 13.2 Å². The van der Waals surface area contributed by atoms with E-state index in [4.69, 9.17) is 9.15 Å². The summed E-state index contributed by atoms with van der Waals surface area (Å²) >= 11 is 0. The summed E-state index contributed by atoms with van der Waals surface area (Å²) in [6, 6.07) is 14.0. The molecule has 0 saturated heterocycles. The molecule has 11 nitrogen and oxygen atoms in total. The highest BCUT2D eigenvalue weighted by Gasteiger charge is 2.36. The fourth-order valence-electron chi connectivity index (χ4n) is 4.53. The molecule has 0 aliphatic heterocycles. The number of hydrogen-bond acceptors (Lipinski definition) is 9. The van der Waals surface area contributed by atoms with Gasteiger partial charge in [-0.1, -0.05) is 42.5 Å². The quantitative estimate of drug-likeness (QED) is 0.190. The molecule has 2 aromatic carbocycles. The lowest BCUT2D eigenvalue weighted by Crippen LogP contribution is -2.52. The van der Waals surface area contributed by atoms with Crippen molar-refractivity contribution in [3.63, 3.8) is 0 Å². The Morgan fingerprint density at radius 2 is 1.68 bits per heavy atom. The number of ketones is 1. The van der Waals surface area contributed by atoms with Crippen LogP contribution in [0.15, 0.2) is 77.5 Å². The molecule has 250 valence electrons. The number of ether oxygens (including phenoxy) is 1. The third kappa shape index (κ3) is 9.85. The standard InChI is InChI=1S/C32H33F3N4O7S/c1-31(2,3)46-30(42)39(17-18-47(43,44)20-22-19-36-16-15-23(22)32(33,34)35)29(41)38-25(14-13-21-9-5-4-6-10-21)27(40)28-37-24-11-7-8-12-26(24)45-28/h4-12,15-16,19,25H,13-14,17-18,20H2,1-3H3,(H,38,41)/t25-/m0/s1. The van der Waals surface area contributed by atoms with Gasteiger partial charge in [0, 0.05) is 18.9 Å². The smallest absolute Gasteiger partial charge is 0.418 e. The van der Waals surface area contributed by atoms with E-state index < -0.39 is 74.7 Å². The number of nitrogens with one attached hydrogen (secondary N) is 1. The molecule has 1 atom stereocenters. The second-order valence-electron chi connectivity index (χ2n) is 11.6. The maximum atomic E-state index is 13.6. The number of aryl methyl sites for hydroxylation is 1. The molecular formula is C32H33F3N4O7S. The van der Waals surface area contributed by atoms with E-state index in [0.29, 0.717) is 28.5 Å². The van der Waals surface area contributed by atoms with Gasteiger partial charge in [0.25, 0.3) is 5.89 Å². The highest BCUT2D eigenvalue weighted by atomic mass is 32.2. The first kappa shape index (κ1) is 35.1. The third-order valence-corrected chi connectivity index (χ3v) is 8.31. The fraction of sp³-hybridized carbons (Fsp3) is 0.344. The Balaban J connectivity index is 1.58. The number of fused-ring (bicyclic) bond motifs is 1. The van der Waals surface area contributed by atoms with Crippen LogP contribution in [0.3, 0.4) is 0 Å². The van der Waals surface area contributed by atoms with Crippen LogP contribution >= 0.6 is 0 Å². The summed E-state index contributed by atoms with van der Waals surface area (Å²) in [5.74, 6) is -2.93. The number of rotatable bonds is 11. The second kappa shape index (κ2) is 14.3. The number of carbonyl (C=O) groups is 3. The number of carbonyl (C=O) groups excluding carboxylic acids is 3. The molecule has 0 fully saturated rings. The van der Waals surface area contributed by atoms with E-state index in [1.807, 2.05) is 18.2 Å². The first-order valence-corrected chi connectivity index (χ1v) is 16.3. The lowest BCUT2D eigenvalue weighted by atomic mass is 10.0. The second-order valence-corrected chi connectivity index (χ2v) is 13.8. The molecule has 2 heterocycles. The molecule has 4 rings (SSSR count). The Morgan fingerprint density at radius 1 is 1.00 bits per heavy atom. The zero-order valence-corrected chi connectivity index (χ0v) is 26.6. The zero-order valence-electron chi connectivity index (χ0n) is 25.8. The molecule has 1 N–H and O–H groups in total. The first-order chi connectivity index (χ1) is 22.0. The number of nitrogens with zero attached hydrogens (tertiary/aromatic N) is 3. The van der Waals surface area contributed by atoms with Crippen molar-refractivity contribution in [2.45, 2.75) is 57.2 Å². The average Bonchev–Trinajstić information content (AvgIpc) is 3.42. The van der Waals surface area contributed by atoms with Crippen molar-refractivity contribution in [2.24, 2.45) is 0 Å². The number of pyridine rings is 1. The van der Waals surface area contributed by atoms with Gasteiger partial charge in [0.15, 0.2) is 15.4 Å². The molecule has 0 saturated carbocycles. The molecule has 0 unspecified atom stereocenters. The van der Waals surface area contributed by atoms with Gasteiger partial charge >= 0.3 is 18.3 Å². The number of amides is 3. The van der Waals surface area contributed by atoms with Crippen molar-refractivity contribution in [2.75, 3.05) is 12.3 Å². The topological polar surface area (TPSA) is 149 Å². The number of benzene rings is 2. The van der Waals surface area contributed by atoms with Gasteiger partial charge in [0.2, 0.25) is 5.78 Å². The van der Waals surface area contributed by atoms with E-state index in [1.165, 1.54) is 20.8 Å². The number of sulfone groups is 1. The van der Waals surface area contributed by atoms with Crippen LogP contribution in [0.2, 0.25) is 0 Å². The molecule has 0 aliphatic rings. The molecule has 2 aromatic heterocycles. The monoisotopic (exact) mass is 674 g/mol. The normalized spacial score (nSPS) is 12.8. The van der Waals surface area contributed by atoms with Crippen LogP contribution in [0, 0.1) is 0 Å². The van der Waals surface area contributed by atoms with Crippen LogP contribution in [-0.2, 0) is 32.9 Å². The summed E-state index contributed by atoms with van der Waals surface area (Å²) < 4.78 is 77.3. The van der Waals surface area contributed by atoms with Gasteiger partial charge in [-0.05, 0) is 62.9 Å². The van der Waals surface area contributed by atoms with Gasteiger partial charge in [-0.15, -0.1) is 0 Å². The highest BCUT2D eigenvalue weighted by molar-refractivity contribution is 7.90. The number of oxazole rings is 1. The minimum atomic E-state index is -4.83. The number of imide groups is 1.